The highest BCUT2D eigenvalue weighted by molar-refractivity contribution is 9.10. The van der Waals surface area contributed by atoms with E-state index >= 15 is 0 Å². The first-order valence-electron chi connectivity index (χ1n) is 5.63. The largest absolute Gasteiger partial charge is 0.398 e. The van der Waals surface area contributed by atoms with Crippen LogP contribution in [0.25, 0.3) is 0 Å². The zero-order valence-electron chi connectivity index (χ0n) is 10.3. The lowest BCUT2D eigenvalue weighted by molar-refractivity contribution is -0.127. The molecule has 1 aliphatic rings. The number of anilines is 1. The van der Waals surface area contributed by atoms with E-state index in [-0.39, 0.29) is 10.8 Å². The van der Waals surface area contributed by atoms with Gasteiger partial charge in [0, 0.05) is 23.8 Å². The molecule has 1 aromatic rings. The Balaban J connectivity index is 2.23. The van der Waals surface area contributed by atoms with Crippen molar-refractivity contribution in [2.75, 3.05) is 19.3 Å². The summed E-state index contributed by atoms with van der Waals surface area (Å²) in [4.78, 5) is 13.3. The fourth-order valence-electron chi connectivity index (χ4n) is 1.88. The molecular formula is C11H14BrN3O3S. The van der Waals surface area contributed by atoms with E-state index in [1.165, 1.54) is 17.0 Å². The number of carbonyl (C=O) groups is 1. The molecule has 1 amide bonds. The molecule has 19 heavy (non-hydrogen) atoms. The van der Waals surface area contributed by atoms with E-state index in [2.05, 4.69) is 20.7 Å². The molecule has 104 valence electrons. The van der Waals surface area contributed by atoms with Gasteiger partial charge in [-0.25, -0.2) is 8.42 Å². The number of nitrogens with one attached hydrogen (secondary N) is 1. The number of rotatable bonds is 3. The van der Waals surface area contributed by atoms with Gasteiger partial charge in [0.1, 0.15) is 6.04 Å². The summed E-state index contributed by atoms with van der Waals surface area (Å²) in [5.74, 6) is -0.214. The monoisotopic (exact) mass is 347 g/mol. The van der Waals surface area contributed by atoms with Gasteiger partial charge in [0.2, 0.25) is 15.9 Å². The number of sulfonamides is 1. The van der Waals surface area contributed by atoms with Gasteiger partial charge >= 0.3 is 0 Å². The fraction of sp³-hybridized carbons (Fsp3) is 0.364. The van der Waals surface area contributed by atoms with Gasteiger partial charge in [-0.3, -0.25) is 4.79 Å². The smallest absolute Gasteiger partial charge is 0.241 e. The predicted octanol–water partition coefficient (Wildman–Crippen LogP) is 0.540. The number of likely N-dealkylation sites (tertiary alicyclic amines) is 1. The molecule has 0 bridgehead atoms. The number of nitrogens with two attached hydrogens (primary N) is 1. The lowest BCUT2D eigenvalue weighted by Gasteiger charge is -2.13. The van der Waals surface area contributed by atoms with Gasteiger partial charge in [-0.05, 0) is 40.5 Å². The van der Waals surface area contributed by atoms with Crippen molar-refractivity contribution in [2.45, 2.75) is 17.4 Å². The molecule has 8 heteroatoms. The molecule has 1 aliphatic heterocycles. The number of carbonyl (C=O) groups excluding carboxylic acids is 1. The molecular weight excluding hydrogens is 334 g/mol. The Hall–Kier alpha value is -1.12. The van der Waals surface area contributed by atoms with Gasteiger partial charge in [0.25, 0.3) is 0 Å². The Bertz CT molecular complexity index is 618. The molecule has 0 aromatic heterocycles. The minimum absolute atomic E-state index is 0.0514. The molecule has 6 nitrogen and oxygen atoms in total. The summed E-state index contributed by atoms with van der Waals surface area (Å²) >= 11 is 3.20. The van der Waals surface area contributed by atoms with Crippen molar-refractivity contribution in [3.8, 4) is 0 Å². The van der Waals surface area contributed by atoms with Crippen LogP contribution in [-0.4, -0.2) is 38.9 Å². The number of halogens is 1. The van der Waals surface area contributed by atoms with Crippen LogP contribution in [0.2, 0.25) is 0 Å². The number of nitrogen functional groups attached to an aromatic ring is 1. The maximum absolute atomic E-state index is 12.2. The molecule has 1 saturated heterocycles. The SMILES string of the molecule is CN1CCC(NS(=O)(=O)c2ccc(Br)c(N)c2)C1=O. The number of nitrogens with zero attached hydrogens (tertiary/aromatic N) is 1. The van der Waals surface area contributed by atoms with E-state index in [4.69, 9.17) is 5.73 Å². The van der Waals surface area contributed by atoms with Crippen molar-refractivity contribution in [2.24, 2.45) is 0 Å². The first-order valence-corrected chi connectivity index (χ1v) is 7.91. The van der Waals surface area contributed by atoms with Gasteiger partial charge in [0.05, 0.1) is 4.90 Å². The third-order valence-corrected chi connectivity index (χ3v) is 5.19. The van der Waals surface area contributed by atoms with Gasteiger partial charge in [-0.2, -0.15) is 4.72 Å². The highest BCUT2D eigenvalue weighted by atomic mass is 79.9. The minimum atomic E-state index is -3.74. The summed E-state index contributed by atoms with van der Waals surface area (Å²) in [6.45, 7) is 0.550. The van der Waals surface area contributed by atoms with Crippen LogP contribution in [-0.2, 0) is 14.8 Å². The van der Waals surface area contributed by atoms with Crippen molar-refractivity contribution in [1.29, 1.82) is 0 Å². The zero-order valence-corrected chi connectivity index (χ0v) is 12.7. The van der Waals surface area contributed by atoms with Gasteiger partial charge in [-0.15, -0.1) is 0 Å². The number of hydrogen-bond acceptors (Lipinski definition) is 4. The fourth-order valence-corrected chi connectivity index (χ4v) is 3.38. The Labute approximate surface area is 120 Å². The van der Waals surface area contributed by atoms with E-state index in [0.717, 1.165) is 0 Å². The van der Waals surface area contributed by atoms with E-state index in [0.29, 0.717) is 23.1 Å². The van der Waals surface area contributed by atoms with E-state index in [1.807, 2.05) is 0 Å². The van der Waals surface area contributed by atoms with Crippen LogP contribution < -0.4 is 10.5 Å². The van der Waals surface area contributed by atoms with Crippen LogP contribution in [0.1, 0.15) is 6.42 Å². The topological polar surface area (TPSA) is 92.5 Å². The molecule has 1 atom stereocenters. The number of likely N-dealkylation sites (N-methyl/N-ethyl adjacent to an activating group) is 1. The van der Waals surface area contributed by atoms with Gasteiger partial charge in [-0.1, -0.05) is 0 Å². The summed E-state index contributed by atoms with van der Waals surface area (Å²) < 4.78 is 27.3. The zero-order chi connectivity index (χ0) is 14.2. The van der Waals surface area contributed by atoms with Crippen molar-refractivity contribution < 1.29 is 13.2 Å². The van der Waals surface area contributed by atoms with Crippen molar-refractivity contribution in [3.05, 3.63) is 22.7 Å². The molecule has 3 N–H and O–H groups in total. The summed E-state index contributed by atoms with van der Waals surface area (Å²) in [5.41, 5.74) is 5.99. The number of benzene rings is 1. The minimum Gasteiger partial charge on any atom is -0.398 e. The van der Waals surface area contributed by atoms with Gasteiger partial charge in [0.15, 0.2) is 0 Å². The van der Waals surface area contributed by atoms with Gasteiger partial charge < -0.3 is 10.6 Å². The lowest BCUT2D eigenvalue weighted by Crippen LogP contribution is -2.40. The molecule has 1 unspecified atom stereocenters. The summed E-state index contributed by atoms with van der Waals surface area (Å²) in [5, 5.41) is 0. The Morgan fingerprint density at radius 2 is 2.16 bits per heavy atom. The predicted molar refractivity (Wildman–Crippen MR) is 74.9 cm³/mol. The average Bonchev–Trinajstić information content (AvgIpc) is 2.64. The Kier molecular flexibility index (Phi) is 3.84. The van der Waals surface area contributed by atoms with Crippen molar-refractivity contribution in [1.82, 2.24) is 9.62 Å². The second kappa shape index (κ2) is 5.10. The molecule has 1 fully saturated rings. The normalized spacial score (nSPS) is 20.0. The number of hydrogen-bond donors (Lipinski definition) is 2. The molecule has 0 aliphatic carbocycles. The second-order valence-electron chi connectivity index (χ2n) is 4.41. The molecule has 0 spiro atoms. The average molecular weight is 348 g/mol. The molecule has 1 aromatic carbocycles. The Morgan fingerprint density at radius 1 is 1.47 bits per heavy atom. The molecule has 2 rings (SSSR count). The Morgan fingerprint density at radius 3 is 2.68 bits per heavy atom. The third-order valence-electron chi connectivity index (χ3n) is 3.00. The maximum Gasteiger partial charge on any atom is 0.241 e. The first kappa shape index (κ1) is 14.3. The van der Waals surface area contributed by atoms with Crippen LogP contribution >= 0.6 is 15.9 Å². The highest BCUT2D eigenvalue weighted by Crippen LogP contribution is 2.23. The molecule has 0 radical (unpaired) electrons. The highest BCUT2D eigenvalue weighted by Gasteiger charge is 2.32. The third kappa shape index (κ3) is 2.90. The molecule has 1 heterocycles. The van der Waals surface area contributed by atoms with E-state index in [1.54, 1.807) is 13.1 Å². The van der Waals surface area contributed by atoms with Crippen LogP contribution in [0.3, 0.4) is 0 Å². The summed E-state index contributed by atoms with van der Waals surface area (Å²) in [7, 11) is -2.09. The quantitative estimate of drug-likeness (QED) is 0.780. The summed E-state index contributed by atoms with van der Waals surface area (Å²) in [6, 6.07) is 3.66. The van der Waals surface area contributed by atoms with E-state index < -0.39 is 16.1 Å². The lowest BCUT2D eigenvalue weighted by atomic mass is 10.3. The van der Waals surface area contributed by atoms with Crippen LogP contribution in [0.5, 0.6) is 0 Å². The van der Waals surface area contributed by atoms with E-state index in [9.17, 15) is 13.2 Å². The van der Waals surface area contributed by atoms with Crippen LogP contribution in [0, 0.1) is 0 Å². The second-order valence-corrected chi connectivity index (χ2v) is 6.97. The summed E-state index contributed by atoms with van der Waals surface area (Å²) in [6.07, 6.45) is 0.473. The first-order chi connectivity index (χ1) is 8.81. The van der Waals surface area contributed by atoms with Crippen LogP contribution in [0.15, 0.2) is 27.6 Å². The van der Waals surface area contributed by atoms with Crippen molar-refractivity contribution >= 4 is 37.5 Å². The maximum atomic E-state index is 12.2. The van der Waals surface area contributed by atoms with Crippen molar-refractivity contribution in [3.63, 3.8) is 0 Å². The standard InChI is InChI=1S/C11H14BrN3O3S/c1-15-5-4-10(11(15)16)14-19(17,18)7-2-3-8(12)9(13)6-7/h2-3,6,10,14H,4-5,13H2,1H3. The number of amides is 1. The van der Waals surface area contributed by atoms with Crippen LogP contribution in [0.4, 0.5) is 5.69 Å². The molecule has 0 saturated carbocycles.